The minimum Gasteiger partial charge on any atom is -0.324 e. The number of hydrogen-bond acceptors (Lipinski definition) is 3. The molecule has 4 heteroatoms. The molecular formula is C10H12N2OS. The Labute approximate surface area is 87.1 Å². The summed E-state index contributed by atoms with van der Waals surface area (Å²) in [6.45, 7) is 2.10. The number of fused-ring (bicyclic) bond motifs is 1. The van der Waals surface area contributed by atoms with Gasteiger partial charge in [-0.05, 0) is 17.9 Å². The molecule has 1 aliphatic rings. The van der Waals surface area contributed by atoms with Crippen LogP contribution >= 0.6 is 11.8 Å². The number of nitrogens with two attached hydrogens (primary N) is 1. The Morgan fingerprint density at radius 3 is 3.07 bits per heavy atom. The normalized spacial score (nSPS) is 19.3. The summed E-state index contributed by atoms with van der Waals surface area (Å²) in [4.78, 5) is 12.4. The van der Waals surface area contributed by atoms with Gasteiger partial charge >= 0.3 is 0 Å². The Morgan fingerprint density at radius 1 is 1.57 bits per heavy atom. The third kappa shape index (κ3) is 1.51. The first-order valence-electron chi connectivity index (χ1n) is 4.55. The van der Waals surface area contributed by atoms with Crippen LogP contribution in [-0.2, 0) is 4.79 Å². The maximum atomic E-state index is 11.3. The molecule has 0 saturated carbocycles. The lowest BCUT2D eigenvalue weighted by Gasteiger charge is -2.03. The molecule has 0 aliphatic carbocycles. The standard InChI is InChI=1S/C10H12N2OS/c1-2-14-6-3-4-7-8(5-6)12-10(13)9(7)11/h3-5,9H,2,11H2,1H3,(H,12,13). The van der Waals surface area contributed by atoms with Gasteiger partial charge in [0, 0.05) is 16.1 Å². The quantitative estimate of drug-likeness (QED) is 0.728. The fourth-order valence-electron chi connectivity index (χ4n) is 1.52. The van der Waals surface area contributed by atoms with E-state index in [1.165, 1.54) is 4.90 Å². The monoisotopic (exact) mass is 208 g/mol. The van der Waals surface area contributed by atoms with E-state index >= 15 is 0 Å². The fraction of sp³-hybridized carbons (Fsp3) is 0.300. The van der Waals surface area contributed by atoms with Gasteiger partial charge in [-0.25, -0.2) is 0 Å². The van der Waals surface area contributed by atoms with Crippen molar-refractivity contribution < 1.29 is 4.79 Å². The van der Waals surface area contributed by atoms with Crippen LogP contribution in [0.5, 0.6) is 0 Å². The number of anilines is 1. The van der Waals surface area contributed by atoms with E-state index in [0.29, 0.717) is 0 Å². The molecular weight excluding hydrogens is 196 g/mol. The van der Waals surface area contributed by atoms with E-state index in [1.807, 2.05) is 18.2 Å². The number of rotatable bonds is 2. The number of carbonyl (C=O) groups is 1. The molecule has 0 aromatic heterocycles. The molecule has 74 valence electrons. The van der Waals surface area contributed by atoms with Crippen molar-refractivity contribution in [2.24, 2.45) is 5.73 Å². The van der Waals surface area contributed by atoms with Crippen LogP contribution in [0.15, 0.2) is 23.1 Å². The first-order chi connectivity index (χ1) is 6.72. The van der Waals surface area contributed by atoms with Crippen LogP contribution in [0.3, 0.4) is 0 Å². The molecule has 0 spiro atoms. The fourth-order valence-corrected chi connectivity index (χ4v) is 2.22. The molecule has 1 atom stereocenters. The molecule has 1 aromatic carbocycles. The van der Waals surface area contributed by atoms with Gasteiger partial charge in [-0.15, -0.1) is 11.8 Å². The van der Waals surface area contributed by atoms with E-state index in [2.05, 4.69) is 12.2 Å². The number of hydrogen-bond donors (Lipinski definition) is 2. The Bertz CT molecular complexity index is 378. The lowest BCUT2D eigenvalue weighted by Crippen LogP contribution is -2.19. The highest BCUT2D eigenvalue weighted by atomic mass is 32.2. The summed E-state index contributed by atoms with van der Waals surface area (Å²) in [6, 6.07) is 5.42. The zero-order valence-electron chi connectivity index (χ0n) is 7.91. The third-order valence-corrected chi connectivity index (χ3v) is 3.09. The van der Waals surface area contributed by atoms with Crippen molar-refractivity contribution in [1.82, 2.24) is 0 Å². The van der Waals surface area contributed by atoms with Crippen molar-refractivity contribution in [1.29, 1.82) is 0 Å². The number of thioether (sulfide) groups is 1. The predicted octanol–water partition coefficient (Wildman–Crippen LogP) is 1.75. The molecule has 3 N–H and O–H groups in total. The second-order valence-electron chi connectivity index (χ2n) is 3.15. The molecule has 1 unspecified atom stereocenters. The molecule has 0 bridgehead atoms. The van der Waals surface area contributed by atoms with Gasteiger partial charge in [0.05, 0.1) is 0 Å². The zero-order valence-corrected chi connectivity index (χ0v) is 8.73. The zero-order chi connectivity index (χ0) is 10.1. The molecule has 0 radical (unpaired) electrons. The SMILES string of the molecule is CCSc1ccc2c(c1)NC(=O)C2N. The summed E-state index contributed by atoms with van der Waals surface area (Å²) in [5.74, 6) is 0.914. The summed E-state index contributed by atoms with van der Waals surface area (Å²) < 4.78 is 0. The topological polar surface area (TPSA) is 55.1 Å². The first kappa shape index (κ1) is 9.55. The Kier molecular flexibility index (Phi) is 2.48. The highest BCUT2D eigenvalue weighted by molar-refractivity contribution is 7.99. The van der Waals surface area contributed by atoms with Crippen LogP contribution < -0.4 is 11.1 Å². The predicted molar refractivity (Wildman–Crippen MR) is 58.4 cm³/mol. The molecule has 1 aromatic rings. The van der Waals surface area contributed by atoms with Crippen molar-refractivity contribution >= 4 is 23.4 Å². The summed E-state index contributed by atoms with van der Waals surface area (Å²) >= 11 is 1.75. The average molecular weight is 208 g/mol. The molecule has 1 aliphatic heterocycles. The van der Waals surface area contributed by atoms with Gasteiger partial charge < -0.3 is 11.1 Å². The van der Waals surface area contributed by atoms with Crippen molar-refractivity contribution in [2.45, 2.75) is 17.9 Å². The van der Waals surface area contributed by atoms with Gasteiger partial charge in [0.25, 0.3) is 0 Å². The Hall–Kier alpha value is -1.00. The van der Waals surface area contributed by atoms with E-state index in [9.17, 15) is 4.79 Å². The molecule has 2 rings (SSSR count). The summed E-state index contributed by atoms with van der Waals surface area (Å²) in [6.07, 6.45) is 0. The van der Waals surface area contributed by atoms with Gasteiger partial charge in [-0.1, -0.05) is 13.0 Å². The number of nitrogens with one attached hydrogen (secondary N) is 1. The molecule has 14 heavy (non-hydrogen) atoms. The number of amides is 1. The second kappa shape index (κ2) is 3.63. The molecule has 0 saturated heterocycles. The second-order valence-corrected chi connectivity index (χ2v) is 4.49. The summed E-state index contributed by atoms with van der Waals surface area (Å²) in [7, 11) is 0. The van der Waals surface area contributed by atoms with Gasteiger partial charge in [0.15, 0.2) is 0 Å². The Morgan fingerprint density at radius 2 is 2.36 bits per heavy atom. The molecule has 3 nitrogen and oxygen atoms in total. The Balaban J connectivity index is 2.34. The van der Waals surface area contributed by atoms with Gasteiger partial charge in [0.1, 0.15) is 6.04 Å². The maximum absolute atomic E-state index is 11.3. The highest BCUT2D eigenvalue weighted by Crippen LogP contribution is 2.32. The van der Waals surface area contributed by atoms with Crippen LogP contribution in [0.1, 0.15) is 18.5 Å². The summed E-state index contributed by atoms with van der Waals surface area (Å²) in [5, 5.41) is 2.77. The largest absolute Gasteiger partial charge is 0.324 e. The maximum Gasteiger partial charge on any atom is 0.245 e. The van der Waals surface area contributed by atoms with Gasteiger partial charge in [-0.3, -0.25) is 4.79 Å². The van der Waals surface area contributed by atoms with Gasteiger partial charge in [-0.2, -0.15) is 0 Å². The third-order valence-electron chi connectivity index (χ3n) is 2.21. The minimum atomic E-state index is -0.495. The minimum absolute atomic E-state index is 0.112. The first-order valence-corrected chi connectivity index (χ1v) is 5.54. The van der Waals surface area contributed by atoms with Crippen molar-refractivity contribution in [2.75, 3.05) is 11.1 Å². The lowest BCUT2D eigenvalue weighted by atomic mass is 10.1. The van der Waals surface area contributed by atoms with E-state index in [1.54, 1.807) is 11.8 Å². The van der Waals surface area contributed by atoms with E-state index < -0.39 is 6.04 Å². The van der Waals surface area contributed by atoms with E-state index in [4.69, 9.17) is 5.73 Å². The average Bonchev–Trinajstić information content (AvgIpc) is 2.43. The number of benzene rings is 1. The van der Waals surface area contributed by atoms with Gasteiger partial charge in [0.2, 0.25) is 5.91 Å². The molecule has 0 fully saturated rings. The van der Waals surface area contributed by atoms with Crippen LogP contribution in [0.2, 0.25) is 0 Å². The molecule has 1 amide bonds. The van der Waals surface area contributed by atoms with Crippen LogP contribution in [0.4, 0.5) is 5.69 Å². The van der Waals surface area contributed by atoms with Crippen LogP contribution in [-0.4, -0.2) is 11.7 Å². The van der Waals surface area contributed by atoms with E-state index in [0.717, 1.165) is 17.0 Å². The van der Waals surface area contributed by atoms with Crippen LogP contribution in [0.25, 0.3) is 0 Å². The van der Waals surface area contributed by atoms with Crippen LogP contribution in [0, 0.1) is 0 Å². The van der Waals surface area contributed by atoms with Crippen molar-refractivity contribution in [3.63, 3.8) is 0 Å². The van der Waals surface area contributed by atoms with Crippen molar-refractivity contribution in [3.8, 4) is 0 Å². The number of carbonyl (C=O) groups excluding carboxylic acids is 1. The summed E-state index contributed by atoms with van der Waals surface area (Å²) in [5.41, 5.74) is 7.46. The smallest absolute Gasteiger partial charge is 0.245 e. The molecule has 1 heterocycles. The highest BCUT2D eigenvalue weighted by Gasteiger charge is 2.26. The van der Waals surface area contributed by atoms with E-state index in [-0.39, 0.29) is 5.91 Å². The van der Waals surface area contributed by atoms with Crippen molar-refractivity contribution in [3.05, 3.63) is 23.8 Å². The lowest BCUT2D eigenvalue weighted by molar-refractivity contribution is -0.116.